The Morgan fingerprint density at radius 2 is 2.04 bits per heavy atom. The number of rotatable bonds is 6. The van der Waals surface area contributed by atoms with Gasteiger partial charge in [-0.3, -0.25) is 14.6 Å². The number of aromatic nitrogens is 1. The summed E-state index contributed by atoms with van der Waals surface area (Å²) in [6.07, 6.45) is 2.96. The van der Waals surface area contributed by atoms with Crippen LogP contribution in [0, 0.1) is 0 Å². The van der Waals surface area contributed by atoms with Crippen LogP contribution in [0.4, 0.5) is 0 Å². The number of carbonyl (C=O) groups is 1. The highest BCUT2D eigenvalue weighted by molar-refractivity contribution is 7.15. The molecule has 1 unspecified atom stereocenters. The first-order valence-corrected chi connectivity index (χ1v) is 10.6. The molecule has 0 spiro atoms. The second kappa shape index (κ2) is 7.70. The third kappa shape index (κ3) is 3.93. The molecule has 5 nitrogen and oxygen atoms in total. The molecule has 1 aromatic heterocycles. The Morgan fingerprint density at radius 3 is 2.63 bits per heavy atom. The van der Waals surface area contributed by atoms with Crippen LogP contribution in [-0.2, 0) is 11.3 Å². The average molecular weight is 385 g/mol. The van der Waals surface area contributed by atoms with Crippen molar-refractivity contribution in [3.63, 3.8) is 0 Å². The van der Waals surface area contributed by atoms with Crippen LogP contribution in [-0.4, -0.2) is 59.5 Å². The molecule has 2 aliphatic heterocycles. The molecule has 1 atom stereocenters. The number of hydrogen-bond donors (Lipinski definition) is 1. The number of hydrogen-bond acceptors (Lipinski definition) is 5. The van der Waals surface area contributed by atoms with Crippen molar-refractivity contribution < 1.29 is 4.79 Å². The van der Waals surface area contributed by atoms with Gasteiger partial charge in [0.1, 0.15) is 0 Å². The molecular weight excluding hydrogens is 356 g/mol. The van der Waals surface area contributed by atoms with E-state index >= 15 is 0 Å². The van der Waals surface area contributed by atoms with Crippen LogP contribution in [0.25, 0.3) is 10.4 Å². The molecule has 1 amide bonds. The van der Waals surface area contributed by atoms with E-state index in [2.05, 4.69) is 58.2 Å². The zero-order valence-corrected chi connectivity index (χ0v) is 17.1. The van der Waals surface area contributed by atoms with Gasteiger partial charge in [-0.05, 0) is 38.4 Å². The van der Waals surface area contributed by atoms with Crippen LogP contribution >= 0.6 is 11.3 Å². The lowest BCUT2D eigenvalue weighted by Gasteiger charge is -2.41. The minimum atomic E-state index is 0.0537. The smallest absolute Gasteiger partial charge is 0.237 e. The van der Waals surface area contributed by atoms with Gasteiger partial charge in [-0.2, -0.15) is 0 Å². The maximum atomic E-state index is 12.1. The molecule has 0 radical (unpaired) electrons. The molecule has 2 aromatic rings. The summed E-state index contributed by atoms with van der Waals surface area (Å²) < 4.78 is 0. The summed E-state index contributed by atoms with van der Waals surface area (Å²) in [4.78, 5) is 22.6. The van der Waals surface area contributed by atoms with E-state index in [1.807, 2.05) is 24.6 Å². The molecule has 2 saturated heterocycles. The van der Waals surface area contributed by atoms with Crippen molar-refractivity contribution in [1.82, 2.24) is 20.1 Å². The molecule has 6 heteroatoms. The number of benzene rings is 1. The zero-order valence-electron chi connectivity index (χ0n) is 16.3. The lowest BCUT2D eigenvalue weighted by molar-refractivity contribution is -0.129. The molecule has 1 aromatic carbocycles. The first-order chi connectivity index (χ1) is 13.0. The predicted molar refractivity (Wildman–Crippen MR) is 110 cm³/mol. The molecule has 0 aliphatic carbocycles. The zero-order chi connectivity index (χ0) is 19.0. The van der Waals surface area contributed by atoms with Crippen LogP contribution in [0.3, 0.4) is 0 Å². The van der Waals surface area contributed by atoms with Gasteiger partial charge in [0, 0.05) is 44.3 Å². The van der Waals surface area contributed by atoms with E-state index in [1.165, 1.54) is 15.4 Å². The van der Waals surface area contributed by atoms with Crippen LogP contribution in [0.1, 0.15) is 36.8 Å². The third-order valence-electron chi connectivity index (χ3n) is 5.81. The Morgan fingerprint density at radius 1 is 1.30 bits per heavy atom. The summed E-state index contributed by atoms with van der Waals surface area (Å²) in [6.45, 7) is 8.35. The van der Waals surface area contributed by atoms with Crippen LogP contribution in [0.15, 0.2) is 30.5 Å². The molecular formula is C21H28N4OS. The number of likely N-dealkylation sites (tertiary alicyclic amines) is 2. The molecule has 0 saturated carbocycles. The van der Waals surface area contributed by atoms with E-state index in [0.717, 1.165) is 31.6 Å². The van der Waals surface area contributed by atoms with Gasteiger partial charge in [-0.25, -0.2) is 4.98 Å². The number of carbonyl (C=O) groups excluding carboxylic acids is 1. The maximum absolute atomic E-state index is 12.1. The molecule has 4 rings (SSSR count). The molecule has 1 N–H and O–H groups in total. The summed E-state index contributed by atoms with van der Waals surface area (Å²) >= 11 is 1.81. The summed E-state index contributed by atoms with van der Waals surface area (Å²) in [5.74, 6) is 0.723. The Kier molecular flexibility index (Phi) is 5.30. The number of likely N-dealkylation sites (N-methyl/N-ethyl adjacent to an activating group) is 1. The summed E-state index contributed by atoms with van der Waals surface area (Å²) in [7, 11) is 2.00. The number of nitrogens with zero attached hydrogens (tertiary/aromatic N) is 3. The van der Waals surface area contributed by atoms with Crippen molar-refractivity contribution in [3.05, 3.63) is 41.0 Å². The summed E-state index contributed by atoms with van der Waals surface area (Å²) in [6, 6.07) is 9.15. The van der Waals surface area contributed by atoms with Crippen LogP contribution < -0.4 is 5.32 Å². The lowest BCUT2D eigenvalue weighted by Crippen LogP contribution is -2.53. The first-order valence-electron chi connectivity index (χ1n) is 9.78. The Labute approximate surface area is 165 Å². The minimum Gasteiger partial charge on any atom is -0.351 e. The van der Waals surface area contributed by atoms with Gasteiger partial charge in [0.15, 0.2) is 0 Å². The van der Waals surface area contributed by atoms with Crippen LogP contribution in [0.5, 0.6) is 0 Å². The number of thiazole rings is 1. The molecule has 27 heavy (non-hydrogen) atoms. The van der Waals surface area contributed by atoms with E-state index < -0.39 is 0 Å². The van der Waals surface area contributed by atoms with Gasteiger partial charge >= 0.3 is 0 Å². The number of nitrogens with one attached hydrogen (secondary N) is 1. The SMILES string of the molecule is CC(C)N1CC(c2ncc(-c3ccc(CNC(=O)C4CCN4C)cc3)s2)C1. The van der Waals surface area contributed by atoms with Gasteiger partial charge in [-0.1, -0.05) is 24.3 Å². The second-order valence-electron chi connectivity index (χ2n) is 8.01. The van der Waals surface area contributed by atoms with Gasteiger partial charge < -0.3 is 5.32 Å². The topological polar surface area (TPSA) is 48.5 Å². The highest BCUT2D eigenvalue weighted by atomic mass is 32.1. The normalized spacial score (nSPS) is 21.1. The monoisotopic (exact) mass is 384 g/mol. The third-order valence-corrected chi connectivity index (χ3v) is 7.02. The Bertz CT molecular complexity index is 795. The molecule has 2 fully saturated rings. The van der Waals surface area contributed by atoms with Gasteiger partial charge in [0.25, 0.3) is 0 Å². The van der Waals surface area contributed by atoms with Crippen molar-refractivity contribution in [2.75, 3.05) is 26.7 Å². The van der Waals surface area contributed by atoms with E-state index in [1.54, 1.807) is 0 Å². The van der Waals surface area contributed by atoms with E-state index in [-0.39, 0.29) is 11.9 Å². The molecule has 3 heterocycles. The fourth-order valence-corrected chi connectivity index (χ4v) is 4.65. The Balaban J connectivity index is 1.32. The predicted octanol–water partition coefficient (Wildman–Crippen LogP) is 2.94. The molecule has 2 aliphatic rings. The van der Waals surface area contributed by atoms with Crippen molar-refractivity contribution in [1.29, 1.82) is 0 Å². The first kappa shape index (κ1) is 18.6. The minimum absolute atomic E-state index is 0.0537. The second-order valence-corrected chi connectivity index (χ2v) is 9.07. The van der Waals surface area contributed by atoms with Crippen molar-refractivity contribution in [2.45, 2.75) is 44.8 Å². The summed E-state index contributed by atoms with van der Waals surface area (Å²) in [5.41, 5.74) is 2.33. The van der Waals surface area contributed by atoms with Gasteiger partial charge in [0.05, 0.1) is 15.9 Å². The highest BCUT2D eigenvalue weighted by Gasteiger charge is 2.32. The number of amides is 1. The van der Waals surface area contributed by atoms with Crippen molar-refractivity contribution in [3.8, 4) is 10.4 Å². The van der Waals surface area contributed by atoms with E-state index in [4.69, 9.17) is 0 Å². The lowest BCUT2D eigenvalue weighted by atomic mass is 9.99. The fourth-order valence-electron chi connectivity index (χ4n) is 3.64. The quantitative estimate of drug-likeness (QED) is 0.832. The van der Waals surface area contributed by atoms with Gasteiger partial charge in [0.2, 0.25) is 5.91 Å². The molecule has 144 valence electrons. The average Bonchev–Trinajstić information content (AvgIpc) is 3.07. The van der Waals surface area contributed by atoms with Gasteiger partial charge in [-0.15, -0.1) is 11.3 Å². The fraction of sp³-hybridized carbons (Fsp3) is 0.524. The summed E-state index contributed by atoms with van der Waals surface area (Å²) in [5, 5.41) is 4.30. The van der Waals surface area contributed by atoms with Crippen LogP contribution in [0.2, 0.25) is 0 Å². The maximum Gasteiger partial charge on any atom is 0.237 e. The van der Waals surface area contributed by atoms with E-state index in [0.29, 0.717) is 18.5 Å². The van der Waals surface area contributed by atoms with Crippen molar-refractivity contribution in [2.24, 2.45) is 0 Å². The van der Waals surface area contributed by atoms with Crippen molar-refractivity contribution >= 4 is 17.2 Å². The largest absolute Gasteiger partial charge is 0.351 e. The standard InChI is InChI=1S/C21H28N4OS/c1-14(2)25-12-17(13-25)21-23-11-19(27-21)16-6-4-15(5-7-16)10-22-20(26)18-8-9-24(18)3/h4-7,11,14,17-18H,8-10,12-13H2,1-3H3,(H,22,26). The highest BCUT2D eigenvalue weighted by Crippen LogP contribution is 2.35. The Hall–Kier alpha value is -1.76. The molecule has 0 bridgehead atoms. The van der Waals surface area contributed by atoms with E-state index in [9.17, 15) is 4.79 Å².